The Kier molecular flexibility index (Phi) is 4.96. The van der Waals surface area contributed by atoms with Crippen LogP contribution in [0.2, 0.25) is 0 Å². The van der Waals surface area contributed by atoms with Gasteiger partial charge in [-0.25, -0.2) is 8.78 Å². The second-order valence-electron chi connectivity index (χ2n) is 4.65. The Bertz CT molecular complexity index is 640. The lowest BCUT2D eigenvalue weighted by Gasteiger charge is -2.22. The van der Waals surface area contributed by atoms with Gasteiger partial charge < -0.3 is 5.11 Å². The fourth-order valence-electron chi connectivity index (χ4n) is 2.40. The zero-order valence-electron chi connectivity index (χ0n) is 11.2. The maximum atomic E-state index is 14.0. The van der Waals surface area contributed by atoms with E-state index in [0.717, 1.165) is 6.07 Å². The number of aliphatic hydroxyl groups excluding tert-OH is 1. The number of hydrogen-bond acceptors (Lipinski definition) is 3. The maximum absolute atomic E-state index is 14.0. The molecule has 0 saturated heterocycles. The van der Waals surface area contributed by atoms with E-state index in [-0.39, 0.29) is 18.6 Å². The molecule has 21 heavy (non-hydrogen) atoms. The number of aliphatic hydroxyl groups is 1. The zero-order valence-corrected chi connectivity index (χ0v) is 11.2. The molecule has 1 aromatic carbocycles. The Balaban J connectivity index is 2.47. The lowest BCUT2D eigenvalue weighted by atomic mass is 9.80. The molecule has 0 radical (unpaired) electrons. The fourth-order valence-corrected chi connectivity index (χ4v) is 2.40. The number of pyridine rings is 1. The molecule has 108 valence electrons. The van der Waals surface area contributed by atoms with Crippen molar-refractivity contribution in [2.45, 2.75) is 18.3 Å². The van der Waals surface area contributed by atoms with Gasteiger partial charge in [0.05, 0.1) is 12.0 Å². The largest absolute Gasteiger partial charge is 0.396 e. The Morgan fingerprint density at radius 2 is 2.05 bits per heavy atom. The van der Waals surface area contributed by atoms with Gasteiger partial charge in [-0.15, -0.1) is 0 Å². The van der Waals surface area contributed by atoms with Crippen molar-refractivity contribution in [1.82, 2.24) is 4.98 Å². The maximum Gasteiger partial charge on any atom is 0.162 e. The first-order valence-electron chi connectivity index (χ1n) is 6.53. The van der Waals surface area contributed by atoms with Gasteiger partial charge in [-0.2, -0.15) is 5.26 Å². The number of nitriles is 1. The number of rotatable bonds is 5. The molecule has 0 bridgehead atoms. The Hall–Kier alpha value is -2.32. The van der Waals surface area contributed by atoms with E-state index in [1.807, 2.05) is 0 Å². The highest BCUT2D eigenvalue weighted by Gasteiger charge is 2.28. The summed E-state index contributed by atoms with van der Waals surface area (Å²) in [5, 5.41) is 18.6. The number of benzene rings is 1. The molecule has 0 aliphatic heterocycles. The van der Waals surface area contributed by atoms with Crippen molar-refractivity contribution >= 4 is 0 Å². The lowest BCUT2D eigenvalue weighted by Crippen LogP contribution is -2.14. The van der Waals surface area contributed by atoms with E-state index in [9.17, 15) is 19.1 Å². The van der Waals surface area contributed by atoms with Crippen LogP contribution in [0, 0.1) is 23.0 Å². The Morgan fingerprint density at radius 3 is 2.67 bits per heavy atom. The summed E-state index contributed by atoms with van der Waals surface area (Å²) in [6.07, 6.45) is 3.25. The summed E-state index contributed by atoms with van der Waals surface area (Å²) in [7, 11) is 0. The Labute approximate surface area is 121 Å². The van der Waals surface area contributed by atoms with Gasteiger partial charge in [0.25, 0.3) is 0 Å². The van der Waals surface area contributed by atoms with Gasteiger partial charge in [0.2, 0.25) is 0 Å². The first kappa shape index (κ1) is 15.1. The minimum absolute atomic E-state index is 0.0967. The Morgan fingerprint density at radius 1 is 1.24 bits per heavy atom. The summed E-state index contributed by atoms with van der Waals surface area (Å²) >= 11 is 0. The highest BCUT2D eigenvalue weighted by Crippen LogP contribution is 2.36. The molecule has 0 aliphatic carbocycles. The fraction of sp³-hybridized carbons (Fsp3) is 0.250. The minimum Gasteiger partial charge on any atom is -0.396 e. The molecule has 0 unspecified atom stereocenters. The highest BCUT2D eigenvalue weighted by molar-refractivity contribution is 5.32. The van der Waals surface area contributed by atoms with Gasteiger partial charge in [0.1, 0.15) is 0 Å². The van der Waals surface area contributed by atoms with E-state index < -0.39 is 23.5 Å². The molecule has 3 nitrogen and oxygen atoms in total. The average molecular weight is 288 g/mol. The van der Waals surface area contributed by atoms with Gasteiger partial charge in [0.15, 0.2) is 11.6 Å². The van der Waals surface area contributed by atoms with Crippen LogP contribution in [0.25, 0.3) is 0 Å². The zero-order chi connectivity index (χ0) is 15.2. The SMILES string of the molecule is N#C[C@@H](c1cccnc1)[C@H](CCO)c1cccc(F)c1F. The van der Waals surface area contributed by atoms with Crippen molar-refractivity contribution in [3.8, 4) is 6.07 Å². The van der Waals surface area contributed by atoms with E-state index in [4.69, 9.17) is 0 Å². The predicted octanol–water partition coefficient (Wildman–Crippen LogP) is 3.13. The normalized spacial score (nSPS) is 13.4. The summed E-state index contributed by atoms with van der Waals surface area (Å²) in [5.41, 5.74) is 0.710. The van der Waals surface area contributed by atoms with Gasteiger partial charge in [-0.3, -0.25) is 4.98 Å². The third-order valence-corrected chi connectivity index (χ3v) is 3.41. The smallest absolute Gasteiger partial charge is 0.162 e. The van der Waals surface area contributed by atoms with Crippen LogP contribution in [0.4, 0.5) is 8.78 Å². The van der Waals surface area contributed by atoms with Gasteiger partial charge in [-0.05, 0) is 29.7 Å². The molecule has 0 amide bonds. The molecule has 2 rings (SSSR count). The summed E-state index contributed by atoms with van der Waals surface area (Å²) in [6, 6.07) is 9.37. The second kappa shape index (κ2) is 6.91. The van der Waals surface area contributed by atoms with Crippen molar-refractivity contribution in [3.05, 3.63) is 65.5 Å². The van der Waals surface area contributed by atoms with Crippen LogP contribution in [0.1, 0.15) is 29.4 Å². The third-order valence-electron chi connectivity index (χ3n) is 3.41. The molecule has 0 fully saturated rings. The molecule has 5 heteroatoms. The van der Waals surface area contributed by atoms with E-state index in [1.54, 1.807) is 18.3 Å². The third kappa shape index (κ3) is 3.23. The molecule has 1 aromatic heterocycles. The molecule has 0 saturated carbocycles. The van der Waals surface area contributed by atoms with Gasteiger partial charge in [0, 0.05) is 24.9 Å². The number of hydrogen-bond donors (Lipinski definition) is 1. The van der Waals surface area contributed by atoms with Crippen LogP contribution in [-0.4, -0.2) is 16.7 Å². The van der Waals surface area contributed by atoms with Crippen LogP contribution >= 0.6 is 0 Å². The number of aromatic nitrogens is 1. The van der Waals surface area contributed by atoms with Crippen LogP contribution in [0.15, 0.2) is 42.7 Å². The van der Waals surface area contributed by atoms with Crippen molar-refractivity contribution in [1.29, 1.82) is 5.26 Å². The standard InChI is InChI=1S/C16H14F2N2O/c17-15-5-1-4-13(16(15)18)12(6-8-21)14(9-19)11-3-2-7-20-10-11/h1-5,7,10,12,14,21H,6,8H2/t12-,14+/m1/s1. The molecule has 0 aliphatic rings. The second-order valence-corrected chi connectivity index (χ2v) is 4.65. The molecular formula is C16H14F2N2O. The molecule has 1 N–H and O–H groups in total. The van der Waals surface area contributed by atoms with Crippen molar-refractivity contribution in [2.24, 2.45) is 0 Å². The van der Waals surface area contributed by atoms with E-state index in [2.05, 4.69) is 11.1 Å². The summed E-state index contributed by atoms with van der Waals surface area (Å²) in [6.45, 7) is -0.223. The topological polar surface area (TPSA) is 56.9 Å². The predicted molar refractivity (Wildman–Crippen MR) is 73.4 cm³/mol. The first-order chi connectivity index (χ1) is 10.2. The molecule has 1 heterocycles. The molecule has 2 atom stereocenters. The van der Waals surface area contributed by atoms with Gasteiger partial charge >= 0.3 is 0 Å². The summed E-state index contributed by atoms with van der Waals surface area (Å²) in [5.74, 6) is -3.28. The van der Waals surface area contributed by atoms with Crippen LogP contribution in [0.3, 0.4) is 0 Å². The summed E-state index contributed by atoms with van der Waals surface area (Å²) < 4.78 is 27.4. The lowest BCUT2D eigenvalue weighted by molar-refractivity contribution is 0.270. The molecule has 0 spiro atoms. The number of nitrogens with zero attached hydrogens (tertiary/aromatic N) is 2. The van der Waals surface area contributed by atoms with Crippen LogP contribution in [-0.2, 0) is 0 Å². The average Bonchev–Trinajstić information content (AvgIpc) is 2.51. The van der Waals surface area contributed by atoms with E-state index in [0.29, 0.717) is 5.56 Å². The van der Waals surface area contributed by atoms with E-state index >= 15 is 0 Å². The molecular weight excluding hydrogens is 274 g/mol. The van der Waals surface area contributed by atoms with Crippen molar-refractivity contribution in [3.63, 3.8) is 0 Å². The summed E-state index contributed by atoms with van der Waals surface area (Å²) in [4.78, 5) is 3.95. The van der Waals surface area contributed by atoms with Crippen LogP contribution in [0.5, 0.6) is 0 Å². The van der Waals surface area contributed by atoms with Crippen molar-refractivity contribution < 1.29 is 13.9 Å². The van der Waals surface area contributed by atoms with Crippen LogP contribution < -0.4 is 0 Å². The van der Waals surface area contributed by atoms with Crippen molar-refractivity contribution in [2.75, 3.05) is 6.61 Å². The quantitative estimate of drug-likeness (QED) is 0.919. The monoisotopic (exact) mass is 288 g/mol. The van der Waals surface area contributed by atoms with E-state index in [1.165, 1.54) is 18.3 Å². The molecule has 2 aromatic rings. The minimum atomic E-state index is -0.972. The van der Waals surface area contributed by atoms with Gasteiger partial charge in [-0.1, -0.05) is 18.2 Å². The first-order valence-corrected chi connectivity index (χ1v) is 6.53. The number of halogens is 2. The highest BCUT2D eigenvalue weighted by atomic mass is 19.2.